The first-order valence-electron chi connectivity index (χ1n) is 8.99. The van der Waals surface area contributed by atoms with Gasteiger partial charge in [-0.05, 0) is 36.6 Å². The van der Waals surface area contributed by atoms with E-state index in [1.165, 1.54) is 0 Å². The van der Waals surface area contributed by atoms with Gasteiger partial charge in [0.15, 0.2) is 0 Å². The van der Waals surface area contributed by atoms with Gasteiger partial charge in [0.1, 0.15) is 5.65 Å². The van der Waals surface area contributed by atoms with Crippen LogP contribution in [-0.2, 0) is 11.3 Å². The fraction of sp³-hybridized carbons (Fsp3) is 0.286. The summed E-state index contributed by atoms with van der Waals surface area (Å²) in [5.74, 6) is -0.147. The maximum Gasteiger partial charge on any atom is 0.248 e. The van der Waals surface area contributed by atoms with E-state index in [0.717, 1.165) is 28.2 Å². The summed E-state index contributed by atoms with van der Waals surface area (Å²) in [4.78, 5) is 28.2. The van der Waals surface area contributed by atoms with Crippen molar-refractivity contribution in [1.29, 1.82) is 0 Å². The summed E-state index contributed by atoms with van der Waals surface area (Å²) in [5, 5.41) is 2.99. The van der Waals surface area contributed by atoms with Crippen molar-refractivity contribution in [2.75, 3.05) is 0 Å². The van der Waals surface area contributed by atoms with E-state index in [2.05, 4.69) is 5.32 Å². The molecule has 2 amide bonds. The van der Waals surface area contributed by atoms with Crippen molar-refractivity contribution >= 4 is 17.5 Å². The van der Waals surface area contributed by atoms with Gasteiger partial charge >= 0.3 is 0 Å². The Morgan fingerprint density at radius 2 is 1.85 bits per heavy atom. The summed E-state index contributed by atoms with van der Waals surface area (Å²) >= 11 is 0. The molecule has 0 spiro atoms. The smallest absolute Gasteiger partial charge is 0.248 e. The lowest BCUT2D eigenvalue weighted by Gasteiger charge is -2.10. The van der Waals surface area contributed by atoms with E-state index >= 15 is 0 Å². The van der Waals surface area contributed by atoms with E-state index in [1.54, 1.807) is 12.1 Å². The summed E-state index contributed by atoms with van der Waals surface area (Å²) in [6.45, 7) is 6.43. The molecular formula is C21H24N4O2. The Kier molecular flexibility index (Phi) is 5.26. The zero-order valence-electron chi connectivity index (χ0n) is 15.8. The molecule has 27 heavy (non-hydrogen) atoms. The van der Waals surface area contributed by atoms with Crippen LogP contribution in [0.5, 0.6) is 0 Å². The van der Waals surface area contributed by atoms with E-state index in [0.29, 0.717) is 24.4 Å². The van der Waals surface area contributed by atoms with Gasteiger partial charge in [-0.1, -0.05) is 32.0 Å². The third-order valence-corrected chi connectivity index (χ3v) is 4.35. The molecule has 0 aliphatic carbocycles. The standard InChI is InChI=1S/C21H24N4O2/c1-13(2)10-19(26)23-11-17-20(15-5-7-16(8-6-15)21(22)27)24-18-9-4-14(3)12-25(17)18/h4-9,12-13H,10-11H2,1-3H3,(H2,22,27)(H,23,26). The summed E-state index contributed by atoms with van der Waals surface area (Å²) in [5.41, 5.74) is 10.2. The van der Waals surface area contributed by atoms with E-state index in [1.807, 2.05) is 55.6 Å². The van der Waals surface area contributed by atoms with Crippen LogP contribution in [0.25, 0.3) is 16.9 Å². The molecule has 3 rings (SSSR count). The van der Waals surface area contributed by atoms with Crippen molar-refractivity contribution in [3.63, 3.8) is 0 Å². The maximum atomic E-state index is 12.1. The lowest BCUT2D eigenvalue weighted by molar-refractivity contribution is -0.121. The molecule has 0 aliphatic heterocycles. The number of aromatic nitrogens is 2. The van der Waals surface area contributed by atoms with Crippen LogP contribution in [0.3, 0.4) is 0 Å². The number of benzene rings is 1. The first kappa shape index (κ1) is 18.6. The van der Waals surface area contributed by atoms with Crippen LogP contribution >= 0.6 is 0 Å². The van der Waals surface area contributed by atoms with Gasteiger partial charge in [0.25, 0.3) is 0 Å². The number of imidazole rings is 1. The zero-order chi connectivity index (χ0) is 19.6. The predicted octanol–water partition coefficient (Wildman–Crippen LogP) is 3.07. The molecular weight excluding hydrogens is 340 g/mol. The molecule has 3 N–H and O–H groups in total. The highest BCUT2D eigenvalue weighted by atomic mass is 16.1. The number of aryl methyl sites for hydroxylation is 1. The number of rotatable bonds is 6. The lowest BCUT2D eigenvalue weighted by Crippen LogP contribution is -2.24. The van der Waals surface area contributed by atoms with Crippen molar-refractivity contribution in [3.05, 3.63) is 59.4 Å². The second-order valence-corrected chi connectivity index (χ2v) is 7.16. The predicted molar refractivity (Wildman–Crippen MR) is 105 cm³/mol. The Balaban J connectivity index is 2.00. The molecule has 0 fully saturated rings. The highest BCUT2D eigenvalue weighted by Gasteiger charge is 2.16. The number of primary amides is 1. The Morgan fingerprint density at radius 1 is 1.15 bits per heavy atom. The van der Waals surface area contributed by atoms with Crippen molar-refractivity contribution in [1.82, 2.24) is 14.7 Å². The zero-order valence-corrected chi connectivity index (χ0v) is 15.8. The number of hydrogen-bond acceptors (Lipinski definition) is 3. The second-order valence-electron chi connectivity index (χ2n) is 7.16. The van der Waals surface area contributed by atoms with E-state index in [9.17, 15) is 9.59 Å². The number of nitrogens with two attached hydrogens (primary N) is 1. The van der Waals surface area contributed by atoms with Crippen LogP contribution in [0.4, 0.5) is 0 Å². The first-order chi connectivity index (χ1) is 12.8. The van der Waals surface area contributed by atoms with Crippen LogP contribution in [0.2, 0.25) is 0 Å². The molecule has 3 aromatic rings. The van der Waals surface area contributed by atoms with Gasteiger partial charge in [0.05, 0.1) is 17.9 Å². The second kappa shape index (κ2) is 7.61. The average molecular weight is 364 g/mol. The number of fused-ring (bicyclic) bond motifs is 1. The fourth-order valence-electron chi connectivity index (χ4n) is 3.02. The number of pyridine rings is 1. The van der Waals surface area contributed by atoms with Gasteiger partial charge in [-0.2, -0.15) is 0 Å². The van der Waals surface area contributed by atoms with Gasteiger partial charge in [-0.3, -0.25) is 9.59 Å². The molecule has 0 unspecified atom stereocenters. The summed E-state index contributed by atoms with van der Waals surface area (Å²) in [6.07, 6.45) is 2.49. The molecule has 2 heterocycles. The molecule has 140 valence electrons. The topological polar surface area (TPSA) is 89.5 Å². The molecule has 0 bridgehead atoms. The maximum absolute atomic E-state index is 12.1. The number of hydrogen-bond donors (Lipinski definition) is 2. The first-order valence-corrected chi connectivity index (χ1v) is 8.99. The van der Waals surface area contributed by atoms with Crippen molar-refractivity contribution in [2.24, 2.45) is 11.7 Å². The summed E-state index contributed by atoms with van der Waals surface area (Å²) in [7, 11) is 0. The number of amides is 2. The Morgan fingerprint density at radius 3 is 2.48 bits per heavy atom. The van der Waals surface area contributed by atoms with Crippen molar-refractivity contribution < 1.29 is 9.59 Å². The minimum Gasteiger partial charge on any atom is -0.366 e. The van der Waals surface area contributed by atoms with Crippen LogP contribution in [0.15, 0.2) is 42.6 Å². The highest BCUT2D eigenvalue weighted by Crippen LogP contribution is 2.25. The van der Waals surface area contributed by atoms with Gasteiger partial charge in [0.2, 0.25) is 11.8 Å². The molecule has 0 radical (unpaired) electrons. The van der Waals surface area contributed by atoms with Gasteiger partial charge in [-0.15, -0.1) is 0 Å². The summed E-state index contributed by atoms with van der Waals surface area (Å²) in [6, 6.07) is 11.0. The van der Waals surface area contributed by atoms with Crippen LogP contribution in [0, 0.1) is 12.8 Å². The number of nitrogens with one attached hydrogen (secondary N) is 1. The minimum atomic E-state index is -0.464. The largest absolute Gasteiger partial charge is 0.366 e. The third-order valence-electron chi connectivity index (χ3n) is 4.35. The van der Waals surface area contributed by atoms with Crippen molar-refractivity contribution in [3.8, 4) is 11.3 Å². The van der Waals surface area contributed by atoms with Crippen LogP contribution in [0.1, 0.15) is 41.9 Å². The molecule has 0 atom stereocenters. The Labute approximate surface area is 158 Å². The molecule has 1 aromatic carbocycles. The van der Waals surface area contributed by atoms with Crippen LogP contribution < -0.4 is 11.1 Å². The normalized spacial score (nSPS) is 11.1. The van der Waals surface area contributed by atoms with Crippen molar-refractivity contribution in [2.45, 2.75) is 33.7 Å². The number of nitrogens with zero attached hydrogens (tertiary/aromatic N) is 2. The SMILES string of the molecule is Cc1ccc2nc(-c3ccc(C(N)=O)cc3)c(CNC(=O)CC(C)C)n2c1. The lowest BCUT2D eigenvalue weighted by atomic mass is 10.1. The Hall–Kier alpha value is -3.15. The van der Waals surface area contributed by atoms with Gasteiger partial charge in [0, 0.05) is 23.7 Å². The fourth-order valence-corrected chi connectivity index (χ4v) is 3.02. The van der Waals surface area contributed by atoms with Gasteiger partial charge < -0.3 is 15.5 Å². The van der Waals surface area contributed by atoms with Crippen LogP contribution in [-0.4, -0.2) is 21.2 Å². The molecule has 0 saturated carbocycles. The number of carbonyl (C=O) groups excluding carboxylic acids is 2. The molecule has 2 aromatic heterocycles. The minimum absolute atomic E-state index is 0.0163. The quantitative estimate of drug-likeness (QED) is 0.704. The number of carbonyl (C=O) groups is 2. The summed E-state index contributed by atoms with van der Waals surface area (Å²) < 4.78 is 2.00. The monoisotopic (exact) mass is 364 g/mol. The molecule has 0 aliphatic rings. The highest BCUT2D eigenvalue weighted by molar-refractivity contribution is 5.93. The average Bonchev–Trinajstić information content (AvgIpc) is 2.97. The van der Waals surface area contributed by atoms with E-state index < -0.39 is 5.91 Å². The van der Waals surface area contributed by atoms with E-state index in [4.69, 9.17) is 10.7 Å². The molecule has 0 saturated heterocycles. The van der Waals surface area contributed by atoms with E-state index in [-0.39, 0.29) is 5.91 Å². The molecule has 6 heteroatoms. The third kappa shape index (κ3) is 4.16. The van der Waals surface area contributed by atoms with Gasteiger partial charge in [-0.25, -0.2) is 4.98 Å². The molecule has 6 nitrogen and oxygen atoms in total. The Bertz CT molecular complexity index is 987.